The maximum atomic E-state index is 9.66. The summed E-state index contributed by atoms with van der Waals surface area (Å²) >= 11 is 3.36. The van der Waals surface area contributed by atoms with Crippen LogP contribution in [0.4, 0.5) is 0 Å². The second-order valence-electron chi connectivity index (χ2n) is 2.97. The van der Waals surface area contributed by atoms with Gasteiger partial charge in [0, 0.05) is 0 Å². The summed E-state index contributed by atoms with van der Waals surface area (Å²) in [6, 6.07) is 6.03. The number of benzene rings is 1. The van der Waals surface area contributed by atoms with Crippen LogP contribution in [0.5, 0.6) is 5.75 Å². The summed E-state index contributed by atoms with van der Waals surface area (Å²) in [4.78, 5) is 0. The molecule has 0 saturated carbocycles. The van der Waals surface area contributed by atoms with Crippen LogP contribution >= 0.6 is 23.1 Å². The standard InChI is InChI=1S/C10H10OS2/c1-6-3-7-5-9(12-2)13-10(7)8(11)4-6/h3-5,11H,1-2H3. The Morgan fingerprint density at radius 1 is 1.31 bits per heavy atom. The number of rotatable bonds is 1. The zero-order valence-electron chi connectivity index (χ0n) is 7.50. The molecule has 0 atom stereocenters. The highest BCUT2D eigenvalue weighted by Crippen LogP contribution is 2.37. The molecule has 0 fully saturated rings. The van der Waals surface area contributed by atoms with Gasteiger partial charge in [-0.3, -0.25) is 0 Å². The average molecular weight is 210 g/mol. The van der Waals surface area contributed by atoms with E-state index in [0.29, 0.717) is 5.75 Å². The highest BCUT2D eigenvalue weighted by atomic mass is 32.2. The first-order chi connectivity index (χ1) is 6.20. The molecule has 0 spiro atoms. The van der Waals surface area contributed by atoms with Crippen molar-refractivity contribution >= 4 is 33.2 Å². The number of thioether (sulfide) groups is 1. The van der Waals surface area contributed by atoms with Crippen LogP contribution in [0, 0.1) is 6.92 Å². The predicted molar refractivity (Wildman–Crippen MR) is 60.0 cm³/mol. The molecule has 0 aliphatic carbocycles. The molecule has 1 N–H and O–H groups in total. The number of hydrogen-bond donors (Lipinski definition) is 1. The Bertz CT molecular complexity index is 445. The summed E-state index contributed by atoms with van der Waals surface area (Å²) in [6.07, 6.45) is 2.05. The Balaban J connectivity index is 2.75. The van der Waals surface area contributed by atoms with Crippen molar-refractivity contribution in [3.8, 4) is 5.75 Å². The van der Waals surface area contributed by atoms with Crippen molar-refractivity contribution < 1.29 is 5.11 Å². The number of hydrogen-bond acceptors (Lipinski definition) is 3. The van der Waals surface area contributed by atoms with Crippen LogP contribution in [-0.4, -0.2) is 11.4 Å². The quantitative estimate of drug-likeness (QED) is 0.725. The van der Waals surface area contributed by atoms with Gasteiger partial charge in [0.05, 0.1) is 8.91 Å². The summed E-state index contributed by atoms with van der Waals surface area (Å²) in [6.45, 7) is 2.00. The first-order valence-electron chi connectivity index (χ1n) is 3.98. The van der Waals surface area contributed by atoms with Crippen LogP contribution in [0.3, 0.4) is 0 Å². The minimum absolute atomic E-state index is 0.403. The molecule has 2 rings (SSSR count). The van der Waals surface area contributed by atoms with Gasteiger partial charge in [-0.1, -0.05) is 6.07 Å². The summed E-state index contributed by atoms with van der Waals surface area (Å²) in [5, 5.41) is 10.8. The van der Waals surface area contributed by atoms with Crippen LogP contribution in [0.1, 0.15) is 5.56 Å². The van der Waals surface area contributed by atoms with E-state index in [9.17, 15) is 5.11 Å². The van der Waals surface area contributed by atoms with E-state index in [2.05, 4.69) is 18.4 Å². The Hall–Kier alpha value is -0.670. The Morgan fingerprint density at radius 2 is 2.08 bits per heavy atom. The fourth-order valence-corrected chi connectivity index (χ4v) is 2.97. The van der Waals surface area contributed by atoms with Crippen molar-refractivity contribution in [3.63, 3.8) is 0 Å². The molecule has 0 aliphatic heterocycles. The molecule has 1 aromatic heterocycles. The lowest BCUT2D eigenvalue weighted by atomic mass is 10.2. The molecule has 1 aromatic carbocycles. The van der Waals surface area contributed by atoms with Gasteiger partial charge in [-0.2, -0.15) is 0 Å². The van der Waals surface area contributed by atoms with E-state index in [0.717, 1.165) is 15.6 Å². The smallest absolute Gasteiger partial charge is 0.133 e. The second-order valence-corrected chi connectivity index (χ2v) is 5.13. The van der Waals surface area contributed by atoms with E-state index in [1.165, 1.54) is 4.21 Å². The molecule has 0 bridgehead atoms. The first-order valence-corrected chi connectivity index (χ1v) is 6.02. The molecule has 0 radical (unpaired) electrons. The van der Waals surface area contributed by atoms with Gasteiger partial charge >= 0.3 is 0 Å². The third-order valence-corrected chi connectivity index (χ3v) is 4.16. The molecule has 68 valence electrons. The van der Waals surface area contributed by atoms with E-state index in [4.69, 9.17) is 0 Å². The molecule has 0 saturated heterocycles. The van der Waals surface area contributed by atoms with Crippen LogP contribution in [0.2, 0.25) is 0 Å². The number of aryl methyl sites for hydroxylation is 1. The molecule has 13 heavy (non-hydrogen) atoms. The molecule has 3 heteroatoms. The fraction of sp³-hybridized carbons (Fsp3) is 0.200. The average Bonchev–Trinajstić information content (AvgIpc) is 2.47. The largest absolute Gasteiger partial charge is 0.506 e. The number of fused-ring (bicyclic) bond motifs is 1. The Labute approximate surface area is 85.4 Å². The molecule has 0 unspecified atom stereocenters. The predicted octanol–water partition coefficient (Wildman–Crippen LogP) is 3.64. The highest BCUT2D eigenvalue weighted by molar-refractivity contribution is 8.00. The lowest BCUT2D eigenvalue weighted by molar-refractivity contribution is 0.482. The maximum Gasteiger partial charge on any atom is 0.133 e. The third kappa shape index (κ3) is 1.54. The van der Waals surface area contributed by atoms with Crippen LogP contribution in [0.25, 0.3) is 10.1 Å². The molecule has 2 aromatic rings. The molecule has 1 nitrogen and oxygen atoms in total. The van der Waals surface area contributed by atoms with Gasteiger partial charge < -0.3 is 5.11 Å². The normalized spacial score (nSPS) is 10.9. The van der Waals surface area contributed by atoms with Crippen molar-refractivity contribution in [1.29, 1.82) is 0 Å². The number of thiophene rings is 1. The van der Waals surface area contributed by atoms with Crippen LogP contribution in [0.15, 0.2) is 22.4 Å². The molecule has 0 amide bonds. The lowest BCUT2D eigenvalue weighted by Crippen LogP contribution is -1.70. The molecule has 0 aliphatic rings. The number of phenolic OH excluding ortho intramolecular Hbond substituents is 1. The first kappa shape index (κ1) is 8.91. The molecule has 1 heterocycles. The van der Waals surface area contributed by atoms with E-state index >= 15 is 0 Å². The SMILES string of the molecule is CSc1cc2cc(C)cc(O)c2s1. The zero-order valence-corrected chi connectivity index (χ0v) is 9.13. The zero-order chi connectivity index (χ0) is 9.42. The monoisotopic (exact) mass is 210 g/mol. The van der Waals surface area contributed by atoms with Gasteiger partial charge in [0.1, 0.15) is 5.75 Å². The van der Waals surface area contributed by atoms with Gasteiger partial charge in [0.25, 0.3) is 0 Å². The second kappa shape index (κ2) is 3.24. The van der Waals surface area contributed by atoms with Gasteiger partial charge in [0.15, 0.2) is 0 Å². The Morgan fingerprint density at radius 3 is 2.77 bits per heavy atom. The van der Waals surface area contributed by atoms with Crippen molar-refractivity contribution in [1.82, 2.24) is 0 Å². The molecular weight excluding hydrogens is 200 g/mol. The van der Waals surface area contributed by atoms with E-state index < -0.39 is 0 Å². The van der Waals surface area contributed by atoms with E-state index in [-0.39, 0.29) is 0 Å². The van der Waals surface area contributed by atoms with Crippen LogP contribution in [-0.2, 0) is 0 Å². The minimum atomic E-state index is 0.403. The van der Waals surface area contributed by atoms with Gasteiger partial charge in [-0.25, -0.2) is 0 Å². The fourth-order valence-electron chi connectivity index (χ4n) is 1.36. The Kier molecular flexibility index (Phi) is 2.22. The lowest BCUT2D eigenvalue weighted by Gasteiger charge is -1.95. The van der Waals surface area contributed by atoms with Crippen molar-refractivity contribution in [3.05, 3.63) is 23.8 Å². The van der Waals surface area contributed by atoms with E-state index in [1.54, 1.807) is 23.1 Å². The number of phenols is 1. The summed E-state index contributed by atoms with van der Waals surface area (Å²) in [5.74, 6) is 0.403. The van der Waals surface area contributed by atoms with Gasteiger partial charge in [-0.15, -0.1) is 23.1 Å². The van der Waals surface area contributed by atoms with Crippen LogP contribution < -0.4 is 0 Å². The number of aromatic hydroxyl groups is 1. The summed E-state index contributed by atoms with van der Waals surface area (Å²) in [5.41, 5.74) is 1.11. The third-order valence-electron chi connectivity index (χ3n) is 1.92. The van der Waals surface area contributed by atoms with Crippen molar-refractivity contribution in [2.75, 3.05) is 6.26 Å². The van der Waals surface area contributed by atoms with Crippen molar-refractivity contribution in [2.45, 2.75) is 11.1 Å². The van der Waals surface area contributed by atoms with E-state index in [1.807, 2.05) is 13.0 Å². The minimum Gasteiger partial charge on any atom is -0.506 e. The summed E-state index contributed by atoms with van der Waals surface area (Å²) in [7, 11) is 0. The van der Waals surface area contributed by atoms with Gasteiger partial charge in [-0.05, 0) is 36.3 Å². The maximum absolute atomic E-state index is 9.66. The van der Waals surface area contributed by atoms with Crippen molar-refractivity contribution in [2.24, 2.45) is 0 Å². The summed E-state index contributed by atoms with van der Waals surface area (Å²) < 4.78 is 2.24. The van der Waals surface area contributed by atoms with Gasteiger partial charge in [0.2, 0.25) is 0 Å². The molecular formula is C10H10OS2. The topological polar surface area (TPSA) is 20.2 Å². The highest BCUT2D eigenvalue weighted by Gasteiger charge is 2.05.